The van der Waals surface area contributed by atoms with Crippen LogP contribution >= 0.6 is 0 Å². The molecule has 4 N–H and O–H groups in total. The minimum atomic E-state index is 0.0125. The van der Waals surface area contributed by atoms with Crippen molar-refractivity contribution in [1.82, 2.24) is 9.97 Å². The number of anilines is 2. The molecule has 0 unspecified atom stereocenters. The molecular formula is C19H14N6O. The molecule has 0 aliphatic heterocycles. The van der Waals surface area contributed by atoms with Crippen LogP contribution in [-0.4, -0.2) is 15.1 Å². The molecule has 3 aromatic rings. The van der Waals surface area contributed by atoms with Crippen molar-refractivity contribution in [2.24, 2.45) is 0 Å². The maximum atomic E-state index is 9.76. The highest BCUT2D eigenvalue weighted by atomic mass is 16.3. The second kappa shape index (κ2) is 7.20. The minimum Gasteiger partial charge on any atom is -0.508 e. The van der Waals surface area contributed by atoms with Crippen LogP contribution in [0.2, 0.25) is 0 Å². The first-order valence-corrected chi connectivity index (χ1v) is 7.70. The number of benzene rings is 1. The van der Waals surface area contributed by atoms with Crippen LogP contribution in [0.25, 0.3) is 11.1 Å². The number of nitrogen functional groups attached to an aromatic ring is 1. The highest BCUT2D eigenvalue weighted by molar-refractivity contribution is 5.85. The first kappa shape index (κ1) is 16.7. The molecule has 0 bridgehead atoms. The summed E-state index contributed by atoms with van der Waals surface area (Å²) in [7, 11) is 0. The Morgan fingerprint density at radius 2 is 1.92 bits per heavy atom. The summed E-state index contributed by atoms with van der Waals surface area (Å²) < 4.78 is 0. The lowest BCUT2D eigenvalue weighted by Crippen LogP contribution is -2.09. The molecule has 7 heteroatoms. The fourth-order valence-corrected chi connectivity index (χ4v) is 2.59. The van der Waals surface area contributed by atoms with Crippen LogP contribution in [0.5, 0.6) is 5.75 Å². The molecule has 0 saturated carbocycles. The van der Waals surface area contributed by atoms with Crippen molar-refractivity contribution in [3.05, 3.63) is 65.5 Å². The lowest BCUT2D eigenvalue weighted by atomic mass is 9.96. The predicted octanol–water partition coefficient (Wildman–Crippen LogP) is 2.79. The number of phenols is 1. The zero-order chi connectivity index (χ0) is 18.5. The van der Waals surface area contributed by atoms with Crippen molar-refractivity contribution in [2.45, 2.75) is 6.54 Å². The van der Waals surface area contributed by atoms with E-state index in [2.05, 4.69) is 21.4 Å². The number of phenolic OH excluding ortho intramolecular Hbond substituents is 1. The minimum absolute atomic E-state index is 0.0125. The molecule has 126 valence electrons. The second-order valence-corrected chi connectivity index (χ2v) is 5.46. The van der Waals surface area contributed by atoms with E-state index in [9.17, 15) is 15.6 Å². The Morgan fingerprint density at radius 3 is 2.58 bits per heavy atom. The largest absolute Gasteiger partial charge is 0.508 e. The van der Waals surface area contributed by atoms with Gasteiger partial charge in [0.15, 0.2) is 0 Å². The molecular weight excluding hydrogens is 328 g/mol. The molecule has 0 saturated heterocycles. The summed E-state index contributed by atoms with van der Waals surface area (Å²) in [6.07, 6.45) is 3.37. The summed E-state index contributed by atoms with van der Waals surface area (Å²) in [5, 5.41) is 32.0. The van der Waals surface area contributed by atoms with E-state index in [1.807, 2.05) is 12.1 Å². The fourth-order valence-electron chi connectivity index (χ4n) is 2.59. The molecule has 1 aromatic carbocycles. The number of pyridine rings is 2. The quantitative estimate of drug-likeness (QED) is 0.664. The van der Waals surface area contributed by atoms with Crippen molar-refractivity contribution >= 4 is 11.6 Å². The molecule has 0 fully saturated rings. The van der Waals surface area contributed by atoms with E-state index in [4.69, 9.17) is 5.73 Å². The molecule has 0 radical (unpaired) electrons. The highest BCUT2D eigenvalue weighted by Crippen LogP contribution is 2.35. The van der Waals surface area contributed by atoms with Crippen LogP contribution in [0, 0.1) is 22.7 Å². The Bertz CT molecular complexity index is 1030. The molecule has 0 atom stereocenters. The lowest BCUT2D eigenvalue weighted by molar-refractivity contribution is 0.475. The van der Waals surface area contributed by atoms with Gasteiger partial charge in [-0.2, -0.15) is 10.5 Å². The van der Waals surface area contributed by atoms with Gasteiger partial charge in [0.25, 0.3) is 0 Å². The third-order valence-electron chi connectivity index (χ3n) is 3.77. The number of rotatable bonds is 4. The van der Waals surface area contributed by atoms with E-state index < -0.39 is 0 Å². The number of hydrogen-bond acceptors (Lipinski definition) is 7. The topological polar surface area (TPSA) is 132 Å². The molecule has 0 aliphatic carbocycles. The summed E-state index contributed by atoms with van der Waals surface area (Å²) in [6.45, 7) is 0.389. The van der Waals surface area contributed by atoms with Crippen LogP contribution in [0.15, 0.2) is 48.8 Å². The molecule has 26 heavy (non-hydrogen) atoms. The van der Waals surface area contributed by atoms with Gasteiger partial charge in [-0.25, -0.2) is 4.98 Å². The number of nitrogens with zero attached hydrogens (tertiary/aromatic N) is 4. The first-order valence-electron chi connectivity index (χ1n) is 7.70. The van der Waals surface area contributed by atoms with E-state index in [1.54, 1.807) is 30.6 Å². The van der Waals surface area contributed by atoms with Gasteiger partial charge in [0.2, 0.25) is 0 Å². The van der Waals surface area contributed by atoms with Gasteiger partial charge in [0.1, 0.15) is 40.7 Å². The van der Waals surface area contributed by atoms with E-state index in [0.717, 1.165) is 5.56 Å². The molecule has 0 amide bonds. The van der Waals surface area contributed by atoms with Crippen LogP contribution < -0.4 is 11.1 Å². The maximum Gasteiger partial charge on any atom is 0.147 e. The van der Waals surface area contributed by atoms with Crippen molar-refractivity contribution in [2.75, 3.05) is 11.1 Å². The fraction of sp³-hybridized carbons (Fsp3) is 0.0526. The molecule has 0 aliphatic rings. The van der Waals surface area contributed by atoms with E-state index in [1.165, 1.54) is 12.1 Å². The van der Waals surface area contributed by atoms with Crippen LogP contribution in [0.4, 0.5) is 11.6 Å². The zero-order valence-corrected chi connectivity index (χ0v) is 13.6. The first-order chi connectivity index (χ1) is 12.6. The third kappa shape index (κ3) is 3.23. The van der Waals surface area contributed by atoms with Crippen molar-refractivity contribution < 1.29 is 5.11 Å². The smallest absolute Gasteiger partial charge is 0.147 e. The van der Waals surface area contributed by atoms with Crippen LogP contribution in [0.3, 0.4) is 0 Å². The molecule has 2 aromatic heterocycles. The van der Waals surface area contributed by atoms with Crippen molar-refractivity contribution in [3.63, 3.8) is 0 Å². The van der Waals surface area contributed by atoms with Gasteiger partial charge in [-0.3, -0.25) is 4.98 Å². The number of nitrogens with two attached hydrogens (primary N) is 1. The Labute approximate surface area is 150 Å². The standard InChI is InChI=1S/C19H14N6O/c20-8-15-17(13-4-1-5-14(26)7-13)16(9-21)19(25-18(15)22)24-11-12-3-2-6-23-10-12/h1-7,10,26H,11H2,(H3,22,24,25). The number of nitriles is 2. The number of aromatic nitrogens is 2. The molecule has 7 nitrogen and oxygen atoms in total. The van der Waals surface area contributed by atoms with Gasteiger partial charge >= 0.3 is 0 Å². The van der Waals surface area contributed by atoms with Crippen molar-refractivity contribution in [1.29, 1.82) is 10.5 Å². The van der Waals surface area contributed by atoms with E-state index >= 15 is 0 Å². The lowest BCUT2D eigenvalue weighted by Gasteiger charge is -2.14. The average molecular weight is 342 g/mol. The summed E-state index contributed by atoms with van der Waals surface area (Å²) in [6, 6.07) is 14.1. The molecule has 0 spiro atoms. The summed E-state index contributed by atoms with van der Waals surface area (Å²) in [4.78, 5) is 8.22. The van der Waals surface area contributed by atoms with Gasteiger partial charge in [-0.15, -0.1) is 0 Å². The summed E-state index contributed by atoms with van der Waals surface area (Å²) in [5.74, 6) is 0.306. The van der Waals surface area contributed by atoms with Crippen LogP contribution in [0.1, 0.15) is 16.7 Å². The number of nitrogens with one attached hydrogen (secondary N) is 1. The Kier molecular flexibility index (Phi) is 4.64. The third-order valence-corrected chi connectivity index (χ3v) is 3.77. The average Bonchev–Trinajstić information content (AvgIpc) is 2.66. The number of aromatic hydroxyl groups is 1. The normalized spacial score (nSPS) is 9.92. The Morgan fingerprint density at radius 1 is 1.12 bits per heavy atom. The van der Waals surface area contributed by atoms with Gasteiger partial charge in [-0.05, 0) is 29.3 Å². The van der Waals surface area contributed by atoms with E-state index in [0.29, 0.717) is 17.7 Å². The van der Waals surface area contributed by atoms with E-state index in [-0.39, 0.29) is 28.5 Å². The van der Waals surface area contributed by atoms with Gasteiger partial charge in [0.05, 0.1) is 0 Å². The summed E-state index contributed by atoms with van der Waals surface area (Å²) in [5.41, 5.74) is 7.98. The maximum absolute atomic E-state index is 9.76. The van der Waals surface area contributed by atoms with Gasteiger partial charge < -0.3 is 16.2 Å². The predicted molar refractivity (Wildman–Crippen MR) is 96.7 cm³/mol. The molecule has 2 heterocycles. The van der Waals surface area contributed by atoms with Crippen molar-refractivity contribution in [3.8, 4) is 29.0 Å². The Hall–Kier alpha value is -4.10. The Balaban J connectivity index is 2.12. The SMILES string of the molecule is N#Cc1c(N)nc(NCc2cccnc2)c(C#N)c1-c1cccc(O)c1. The second-order valence-electron chi connectivity index (χ2n) is 5.46. The van der Waals surface area contributed by atoms with Gasteiger partial charge in [-0.1, -0.05) is 18.2 Å². The number of hydrogen-bond donors (Lipinski definition) is 3. The molecule has 3 rings (SSSR count). The monoisotopic (exact) mass is 342 g/mol. The highest BCUT2D eigenvalue weighted by Gasteiger charge is 2.20. The van der Waals surface area contributed by atoms with Gasteiger partial charge in [0, 0.05) is 24.5 Å². The zero-order valence-electron chi connectivity index (χ0n) is 13.6. The van der Waals surface area contributed by atoms with Crippen LogP contribution in [-0.2, 0) is 6.54 Å². The summed E-state index contributed by atoms with van der Waals surface area (Å²) >= 11 is 0.